The molecule has 2 aliphatic heterocycles. The van der Waals surface area contributed by atoms with E-state index >= 15 is 0 Å². The smallest absolute Gasteiger partial charge is 0.253 e. The second-order valence-corrected chi connectivity index (χ2v) is 7.63. The van der Waals surface area contributed by atoms with Gasteiger partial charge in [0.1, 0.15) is 11.9 Å². The van der Waals surface area contributed by atoms with Crippen LogP contribution in [0, 0.1) is 11.6 Å². The summed E-state index contributed by atoms with van der Waals surface area (Å²) in [5.41, 5.74) is 6.39. The van der Waals surface area contributed by atoms with Gasteiger partial charge in [0.25, 0.3) is 5.91 Å². The van der Waals surface area contributed by atoms with Crippen LogP contribution in [0.2, 0.25) is 0 Å². The molecule has 8 nitrogen and oxygen atoms in total. The molecule has 2 fully saturated rings. The predicted molar refractivity (Wildman–Crippen MR) is 114 cm³/mol. The molecule has 4 rings (SSSR count). The van der Waals surface area contributed by atoms with E-state index in [1.54, 1.807) is 23.2 Å². The van der Waals surface area contributed by atoms with Gasteiger partial charge in [0.2, 0.25) is 11.7 Å². The van der Waals surface area contributed by atoms with Crippen LogP contribution in [0.1, 0.15) is 26.2 Å². The second-order valence-electron chi connectivity index (χ2n) is 7.63. The van der Waals surface area contributed by atoms with Crippen LogP contribution in [0.25, 0.3) is 0 Å². The van der Waals surface area contributed by atoms with Gasteiger partial charge in [-0.2, -0.15) is 4.39 Å². The van der Waals surface area contributed by atoms with Crippen LogP contribution in [-0.4, -0.2) is 48.7 Å². The Hall–Kier alpha value is -3.11. The first kappa shape index (κ1) is 23.6. The third-order valence-corrected chi connectivity index (χ3v) is 5.11. The second kappa shape index (κ2) is 10.5. The number of carbonyl (C=O) groups excluding carboxylic acids is 2. The van der Waals surface area contributed by atoms with Gasteiger partial charge in [-0.15, -0.1) is 0 Å². The molecule has 172 valence electrons. The molecule has 2 aromatic rings. The van der Waals surface area contributed by atoms with Crippen LogP contribution >= 0.6 is 0 Å². The molecule has 3 unspecified atom stereocenters. The fourth-order valence-electron chi connectivity index (χ4n) is 3.46. The first-order chi connectivity index (χ1) is 15.3. The number of nitrogens with zero attached hydrogens (tertiary/aromatic N) is 2. The normalized spacial score (nSPS) is 22.3. The van der Waals surface area contributed by atoms with E-state index in [1.165, 1.54) is 19.2 Å². The van der Waals surface area contributed by atoms with Crippen molar-refractivity contribution < 1.29 is 27.8 Å². The number of amides is 2. The van der Waals surface area contributed by atoms with Crippen LogP contribution in [-0.2, 0) is 14.3 Å². The number of benzene rings is 1. The first-order valence-corrected chi connectivity index (χ1v) is 10.2. The number of methoxy groups -OCH3 is 1. The molecule has 0 aliphatic carbocycles. The number of hydrogen-bond donors (Lipinski definition) is 2. The van der Waals surface area contributed by atoms with E-state index in [1.807, 2.05) is 6.92 Å². The molecule has 3 N–H and O–H groups in total. The van der Waals surface area contributed by atoms with Crippen LogP contribution in [0.4, 0.5) is 20.3 Å². The van der Waals surface area contributed by atoms with Crippen molar-refractivity contribution in [2.45, 2.75) is 44.4 Å². The molecule has 0 spiro atoms. The molecule has 0 radical (unpaired) electrons. The number of anilines is 2. The summed E-state index contributed by atoms with van der Waals surface area (Å²) in [6.07, 6.45) is 3.22. The van der Waals surface area contributed by atoms with E-state index in [0.717, 1.165) is 18.9 Å². The highest BCUT2D eigenvalue weighted by atomic mass is 19.2. The van der Waals surface area contributed by atoms with Crippen LogP contribution in [0.5, 0.6) is 5.75 Å². The minimum Gasteiger partial charge on any atom is -0.494 e. The molecule has 2 amide bonds. The maximum absolute atomic E-state index is 12.5. The third kappa shape index (κ3) is 5.77. The Morgan fingerprint density at radius 3 is 2.69 bits per heavy atom. The van der Waals surface area contributed by atoms with E-state index in [9.17, 15) is 18.4 Å². The van der Waals surface area contributed by atoms with Gasteiger partial charge in [-0.05, 0) is 38.0 Å². The van der Waals surface area contributed by atoms with Crippen molar-refractivity contribution in [3.63, 3.8) is 0 Å². The lowest BCUT2D eigenvalue weighted by Crippen LogP contribution is -2.29. The summed E-state index contributed by atoms with van der Waals surface area (Å²) >= 11 is 0. The van der Waals surface area contributed by atoms with Gasteiger partial charge in [0, 0.05) is 37.0 Å². The average molecular weight is 448 g/mol. The van der Waals surface area contributed by atoms with E-state index in [4.69, 9.17) is 10.5 Å². The molecule has 0 bridgehead atoms. The largest absolute Gasteiger partial charge is 0.494 e. The Kier molecular flexibility index (Phi) is 7.70. The number of hydrogen-bond acceptors (Lipinski definition) is 6. The Labute approximate surface area is 184 Å². The number of ether oxygens (including phenoxy) is 2. The van der Waals surface area contributed by atoms with Gasteiger partial charge in [-0.3, -0.25) is 14.5 Å². The number of aromatic nitrogens is 1. The van der Waals surface area contributed by atoms with Crippen molar-refractivity contribution in [2.24, 2.45) is 5.73 Å². The summed E-state index contributed by atoms with van der Waals surface area (Å²) in [6.45, 7) is 2.41. The van der Waals surface area contributed by atoms with Crippen molar-refractivity contribution in [2.75, 3.05) is 23.9 Å². The zero-order chi connectivity index (χ0) is 23.3. The monoisotopic (exact) mass is 448 g/mol. The number of halogens is 2. The molecule has 1 aromatic heterocycles. The Bertz CT molecular complexity index is 975. The van der Waals surface area contributed by atoms with Crippen molar-refractivity contribution in [1.82, 2.24) is 4.98 Å². The minimum absolute atomic E-state index is 0.0450. The molecule has 32 heavy (non-hydrogen) atoms. The van der Waals surface area contributed by atoms with E-state index in [0.29, 0.717) is 24.5 Å². The maximum atomic E-state index is 12.5. The number of nitrogens with two attached hydrogens (primary N) is 1. The molecule has 3 atom stereocenters. The molecule has 10 heteroatoms. The summed E-state index contributed by atoms with van der Waals surface area (Å²) < 4.78 is 34.9. The average Bonchev–Trinajstić information content (AvgIpc) is 3.35. The van der Waals surface area contributed by atoms with Crippen LogP contribution in [0.15, 0.2) is 36.5 Å². The molecule has 0 saturated carbocycles. The fraction of sp³-hybridized carbons (Fsp3) is 0.409. The maximum Gasteiger partial charge on any atom is 0.253 e. The minimum atomic E-state index is -0.940. The number of pyridine rings is 1. The van der Waals surface area contributed by atoms with Crippen LogP contribution in [0.3, 0.4) is 0 Å². The first-order valence-electron chi connectivity index (χ1n) is 10.2. The van der Waals surface area contributed by atoms with Crippen molar-refractivity contribution in [1.29, 1.82) is 0 Å². The predicted octanol–water partition coefficient (Wildman–Crippen LogP) is 2.63. The lowest BCUT2D eigenvalue weighted by atomic mass is 10.2. The zero-order valence-corrected chi connectivity index (χ0v) is 17.9. The summed E-state index contributed by atoms with van der Waals surface area (Å²) in [5.74, 6) is -1.59. The highest BCUT2D eigenvalue weighted by Gasteiger charge is 2.30. The summed E-state index contributed by atoms with van der Waals surface area (Å²) in [5, 5.41) is 2.82. The number of nitrogens with one attached hydrogen (secondary N) is 1. The molecular formula is C22H26F2N4O4. The van der Waals surface area contributed by atoms with Gasteiger partial charge in [-0.25, -0.2) is 9.37 Å². The lowest BCUT2D eigenvalue weighted by Gasteiger charge is -2.16. The van der Waals surface area contributed by atoms with Gasteiger partial charge in [0.05, 0.1) is 13.2 Å². The molecule has 2 aliphatic rings. The fourth-order valence-corrected chi connectivity index (χ4v) is 3.46. The Morgan fingerprint density at radius 2 is 2.09 bits per heavy atom. The SMILES string of the molecule is CC1CCC(C(=O)Nc2ccnc(N3CC(N)CC3=O)c2)O1.COc1cccc(F)c1F. The highest BCUT2D eigenvalue weighted by molar-refractivity contribution is 5.97. The van der Waals surface area contributed by atoms with Crippen molar-refractivity contribution in [3.05, 3.63) is 48.2 Å². The van der Waals surface area contributed by atoms with E-state index in [-0.39, 0.29) is 29.7 Å². The molecule has 3 heterocycles. The molecular weight excluding hydrogens is 422 g/mol. The van der Waals surface area contributed by atoms with Gasteiger partial charge in [0.15, 0.2) is 11.6 Å². The topological polar surface area (TPSA) is 107 Å². The summed E-state index contributed by atoms with van der Waals surface area (Å²) in [6, 6.07) is 7.00. The molecule has 1 aromatic carbocycles. The van der Waals surface area contributed by atoms with Crippen LogP contribution < -0.4 is 20.7 Å². The zero-order valence-electron chi connectivity index (χ0n) is 17.9. The van der Waals surface area contributed by atoms with Gasteiger partial charge < -0.3 is 20.5 Å². The number of rotatable bonds is 4. The van der Waals surface area contributed by atoms with E-state index in [2.05, 4.69) is 15.0 Å². The highest BCUT2D eigenvalue weighted by Crippen LogP contribution is 2.24. The third-order valence-electron chi connectivity index (χ3n) is 5.11. The summed E-state index contributed by atoms with van der Waals surface area (Å²) in [7, 11) is 1.29. The number of carbonyl (C=O) groups is 2. The van der Waals surface area contributed by atoms with E-state index < -0.39 is 17.7 Å². The Balaban J connectivity index is 0.000000243. The van der Waals surface area contributed by atoms with Crippen molar-refractivity contribution in [3.8, 4) is 5.75 Å². The van der Waals surface area contributed by atoms with Gasteiger partial charge >= 0.3 is 0 Å². The quantitative estimate of drug-likeness (QED) is 0.745. The molecule has 2 saturated heterocycles. The summed E-state index contributed by atoms with van der Waals surface area (Å²) in [4.78, 5) is 29.8. The van der Waals surface area contributed by atoms with Crippen molar-refractivity contribution >= 4 is 23.3 Å². The Morgan fingerprint density at radius 1 is 1.31 bits per heavy atom. The standard InChI is InChI=1S/C15H20N4O3.C7H6F2O/c1-9-2-3-12(22-9)15(21)18-11-4-5-17-13(7-11)19-8-10(16)6-14(19)20;1-10-6-4-2-3-5(8)7(6)9/h4-5,7,9-10,12H,2-3,6,8,16H2,1H3,(H,17,18,21);2-4H,1H3. The lowest BCUT2D eigenvalue weighted by molar-refractivity contribution is -0.126. The van der Waals surface area contributed by atoms with Gasteiger partial charge in [-0.1, -0.05) is 6.07 Å².